The number of rotatable bonds is 3. The molecule has 1 rings (SSSR count). The summed E-state index contributed by atoms with van der Waals surface area (Å²) >= 11 is 0. The number of aromatic carboxylic acids is 1. The third kappa shape index (κ3) is 4.70. The summed E-state index contributed by atoms with van der Waals surface area (Å²) in [6.07, 6.45) is 0. The van der Waals surface area contributed by atoms with Crippen LogP contribution in [0.25, 0.3) is 0 Å². The predicted molar refractivity (Wildman–Crippen MR) is 50.0 cm³/mol. The van der Waals surface area contributed by atoms with Crippen LogP contribution >= 0.6 is 0 Å². The van der Waals surface area contributed by atoms with Gasteiger partial charge in [-0.05, 0) is 12.1 Å². The topological polar surface area (TPSA) is 157 Å². The first-order chi connectivity index (χ1) is 7.40. The van der Waals surface area contributed by atoms with Crippen LogP contribution in [0.5, 0.6) is 5.75 Å². The molecule has 6 N–H and O–H groups in total. The van der Waals surface area contributed by atoms with Crippen LogP contribution in [-0.4, -0.2) is 18.9 Å². The maximum absolute atomic E-state index is 10.4. The van der Waals surface area contributed by atoms with Gasteiger partial charge >= 0.3 is 10.4 Å². The van der Waals surface area contributed by atoms with Gasteiger partial charge in [0.2, 0.25) is 0 Å². The van der Waals surface area contributed by atoms with Crippen LogP contribution < -0.4 is 21.0 Å². The molecule has 0 spiro atoms. The Bertz CT molecular complexity index is 458. The molecule has 0 saturated heterocycles. The third-order valence-corrected chi connectivity index (χ3v) is 1.69. The SMILES string of the molecule is N[NH3+].O=C([O-])c1ccccc1OS(=O)(=O)O. The summed E-state index contributed by atoms with van der Waals surface area (Å²) in [6, 6.07) is 4.89. The molecule has 1 aromatic carbocycles. The molecule has 9 heteroatoms. The molecule has 0 amide bonds. The van der Waals surface area contributed by atoms with Gasteiger partial charge in [-0.1, -0.05) is 12.1 Å². The average Bonchev–Trinajstić information content (AvgIpc) is 2.19. The first kappa shape index (κ1) is 14.3. The van der Waals surface area contributed by atoms with Gasteiger partial charge in [0.1, 0.15) is 0 Å². The summed E-state index contributed by atoms with van der Waals surface area (Å²) in [7, 11) is -4.72. The minimum atomic E-state index is -4.72. The van der Waals surface area contributed by atoms with E-state index in [-0.39, 0.29) is 0 Å². The lowest BCUT2D eigenvalue weighted by Gasteiger charge is -2.08. The van der Waals surface area contributed by atoms with Gasteiger partial charge in [-0.15, -0.1) is 0 Å². The van der Waals surface area contributed by atoms with Crippen LogP contribution in [0, 0.1) is 0 Å². The first-order valence-corrected chi connectivity index (χ1v) is 5.15. The van der Waals surface area contributed by atoms with Crippen LogP contribution in [0.15, 0.2) is 24.3 Å². The zero-order chi connectivity index (χ0) is 12.8. The molecule has 0 heterocycles. The zero-order valence-corrected chi connectivity index (χ0v) is 8.81. The average molecular weight is 250 g/mol. The zero-order valence-electron chi connectivity index (χ0n) is 7.99. The highest BCUT2D eigenvalue weighted by atomic mass is 32.3. The van der Waals surface area contributed by atoms with Crippen molar-refractivity contribution in [3.8, 4) is 5.75 Å². The quantitative estimate of drug-likeness (QED) is 0.300. The van der Waals surface area contributed by atoms with Crippen molar-refractivity contribution in [3.05, 3.63) is 29.8 Å². The summed E-state index contributed by atoms with van der Waals surface area (Å²) < 4.78 is 32.9. The lowest BCUT2D eigenvalue weighted by molar-refractivity contribution is -0.379. The molecule has 0 aliphatic rings. The van der Waals surface area contributed by atoms with Crippen molar-refractivity contribution < 1.29 is 32.9 Å². The van der Waals surface area contributed by atoms with Crippen LogP contribution in [-0.2, 0) is 10.4 Å². The fourth-order valence-corrected chi connectivity index (χ4v) is 1.19. The van der Waals surface area contributed by atoms with E-state index in [2.05, 4.69) is 15.9 Å². The molecule has 16 heavy (non-hydrogen) atoms. The Morgan fingerprint density at radius 2 is 1.88 bits per heavy atom. The highest BCUT2D eigenvalue weighted by Gasteiger charge is 2.11. The molecule has 0 radical (unpaired) electrons. The Kier molecular flexibility index (Phi) is 5.39. The monoisotopic (exact) mass is 250 g/mol. The van der Waals surface area contributed by atoms with Crippen molar-refractivity contribution in [2.45, 2.75) is 0 Å². The number of nitrogens with two attached hydrogens (primary N) is 1. The van der Waals surface area contributed by atoms with Crippen molar-refractivity contribution in [1.82, 2.24) is 0 Å². The van der Waals surface area contributed by atoms with E-state index in [4.69, 9.17) is 4.55 Å². The van der Waals surface area contributed by atoms with E-state index in [9.17, 15) is 18.3 Å². The van der Waals surface area contributed by atoms with Crippen LogP contribution in [0.3, 0.4) is 0 Å². The molecular weight excluding hydrogens is 240 g/mol. The van der Waals surface area contributed by atoms with Crippen LogP contribution in [0.4, 0.5) is 0 Å². The molecule has 1 aromatic rings. The largest absolute Gasteiger partial charge is 0.545 e. The molecule has 0 unspecified atom stereocenters. The lowest BCUT2D eigenvalue weighted by Crippen LogP contribution is -2.59. The number of para-hydroxylation sites is 1. The lowest BCUT2D eigenvalue weighted by atomic mass is 10.2. The van der Waals surface area contributed by atoms with Crippen molar-refractivity contribution >= 4 is 16.4 Å². The summed E-state index contributed by atoms with van der Waals surface area (Å²) in [5, 5.41) is 10.4. The number of hydrogen-bond donors (Lipinski definition) is 3. The minimum absolute atomic E-state index is 0.454. The Hall–Kier alpha value is -1.68. The third-order valence-electron chi connectivity index (χ3n) is 1.30. The molecule has 0 fully saturated rings. The molecule has 90 valence electrons. The number of carboxylic acids is 1. The predicted octanol–water partition coefficient (Wildman–Crippen LogP) is -2.67. The van der Waals surface area contributed by atoms with E-state index >= 15 is 0 Å². The normalized spacial score (nSPS) is 9.94. The number of carboxylic acid groups (broad SMARTS) is 1. The highest BCUT2D eigenvalue weighted by Crippen LogP contribution is 2.18. The summed E-state index contributed by atoms with van der Waals surface area (Å²) in [5.41, 5.74) is -0.454. The molecular formula is C7H10N2O6S. The molecule has 8 nitrogen and oxygen atoms in total. The fourth-order valence-electron chi connectivity index (χ4n) is 0.821. The van der Waals surface area contributed by atoms with E-state index in [1.165, 1.54) is 12.1 Å². The number of carbonyl (C=O) groups is 1. The van der Waals surface area contributed by atoms with Crippen molar-refractivity contribution in [3.63, 3.8) is 0 Å². The molecule has 0 aliphatic carbocycles. The van der Waals surface area contributed by atoms with Gasteiger partial charge in [-0.3, -0.25) is 10.4 Å². The fraction of sp³-hybridized carbons (Fsp3) is 0. The van der Waals surface area contributed by atoms with E-state index in [1.54, 1.807) is 0 Å². The van der Waals surface area contributed by atoms with E-state index in [0.717, 1.165) is 12.1 Å². The maximum Gasteiger partial charge on any atom is 0.446 e. The maximum atomic E-state index is 10.4. The van der Waals surface area contributed by atoms with E-state index < -0.39 is 27.7 Å². The van der Waals surface area contributed by atoms with Crippen molar-refractivity contribution in [2.75, 3.05) is 0 Å². The molecule has 0 bridgehead atoms. The second kappa shape index (κ2) is 6.02. The van der Waals surface area contributed by atoms with Gasteiger partial charge < -0.3 is 14.1 Å². The van der Waals surface area contributed by atoms with Gasteiger partial charge in [0, 0.05) is 5.56 Å². The summed E-state index contributed by atoms with van der Waals surface area (Å²) in [6.45, 7) is 0. The van der Waals surface area contributed by atoms with Gasteiger partial charge in [0.05, 0.1) is 5.97 Å². The number of benzene rings is 1. The van der Waals surface area contributed by atoms with Gasteiger partial charge in [-0.2, -0.15) is 14.3 Å². The van der Waals surface area contributed by atoms with Crippen LogP contribution in [0.2, 0.25) is 0 Å². The Morgan fingerprint density at radius 3 is 2.31 bits per heavy atom. The minimum Gasteiger partial charge on any atom is -0.545 e. The van der Waals surface area contributed by atoms with Gasteiger partial charge in [-0.25, -0.2) is 0 Å². The Balaban J connectivity index is 0.00000106. The smallest absolute Gasteiger partial charge is 0.446 e. The highest BCUT2D eigenvalue weighted by molar-refractivity contribution is 7.81. The molecule has 0 aliphatic heterocycles. The molecule has 0 aromatic heterocycles. The van der Waals surface area contributed by atoms with E-state index in [1.807, 2.05) is 0 Å². The second-order valence-electron chi connectivity index (χ2n) is 2.29. The van der Waals surface area contributed by atoms with Crippen LogP contribution in [0.1, 0.15) is 10.4 Å². The summed E-state index contributed by atoms with van der Waals surface area (Å²) in [4.78, 5) is 10.4. The van der Waals surface area contributed by atoms with Gasteiger partial charge in [0.15, 0.2) is 5.75 Å². The van der Waals surface area contributed by atoms with E-state index in [0.29, 0.717) is 0 Å². The molecule has 0 atom stereocenters. The van der Waals surface area contributed by atoms with Crippen molar-refractivity contribution in [2.24, 2.45) is 5.84 Å². The number of quaternary nitrogens is 1. The number of carbonyl (C=O) groups excluding carboxylic acids is 1. The first-order valence-electron chi connectivity index (χ1n) is 3.78. The molecule has 0 saturated carbocycles. The van der Waals surface area contributed by atoms with Crippen molar-refractivity contribution in [1.29, 1.82) is 0 Å². The summed E-state index contributed by atoms with van der Waals surface area (Å²) in [5.74, 6) is 4.92. The Labute approximate surface area is 91.4 Å². The second-order valence-corrected chi connectivity index (χ2v) is 3.32. The van der Waals surface area contributed by atoms with Gasteiger partial charge in [0.25, 0.3) is 0 Å². The number of hydrogen-bond acceptors (Lipinski definition) is 6. The standard InChI is InChI=1S/C7H6O6S.H4N2/c8-7(9)5-3-1-2-4-6(5)13-14(10,11)12;1-2/h1-4H,(H,8,9)(H,10,11,12);1-2H2. The Morgan fingerprint density at radius 1 is 1.38 bits per heavy atom.